The van der Waals surface area contributed by atoms with Gasteiger partial charge in [0.25, 0.3) is 0 Å². The monoisotopic (exact) mass is 248 g/mol. The van der Waals surface area contributed by atoms with Crippen molar-refractivity contribution in [3.63, 3.8) is 0 Å². The molecule has 0 spiro atoms. The first-order valence-electron chi connectivity index (χ1n) is 5.51. The van der Waals surface area contributed by atoms with E-state index in [4.69, 9.17) is 11.6 Å². The van der Waals surface area contributed by atoms with Gasteiger partial charge < -0.3 is 4.90 Å². The second-order valence-corrected chi connectivity index (χ2v) is 4.95. The third-order valence-electron chi connectivity index (χ3n) is 1.83. The van der Waals surface area contributed by atoms with Crippen molar-refractivity contribution >= 4 is 23.5 Å². The Morgan fingerprint density at radius 3 is 1.88 bits per heavy atom. The summed E-state index contributed by atoms with van der Waals surface area (Å²) in [5, 5.41) is 2.26. The zero-order valence-electron chi connectivity index (χ0n) is 10.4. The van der Waals surface area contributed by atoms with Crippen molar-refractivity contribution in [2.45, 2.75) is 27.7 Å². The zero-order chi connectivity index (χ0) is 12.7. The van der Waals surface area contributed by atoms with Gasteiger partial charge >= 0.3 is 6.03 Å². The number of hydrogen-bond donors (Lipinski definition) is 1. The van der Waals surface area contributed by atoms with E-state index in [1.807, 2.05) is 27.7 Å². The van der Waals surface area contributed by atoms with Gasteiger partial charge in [-0.3, -0.25) is 10.1 Å². The summed E-state index contributed by atoms with van der Waals surface area (Å²) in [6.07, 6.45) is 0. The highest BCUT2D eigenvalue weighted by Gasteiger charge is 2.17. The minimum absolute atomic E-state index is 0.192. The number of carbonyl (C=O) groups is 2. The quantitative estimate of drug-likeness (QED) is 0.758. The van der Waals surface area contributed by atoms with Gasteiger partial charge in [0.2, 0.25) is 5.91 Å². The molecule has 0 aromatic carbocycles. The number of nitrogens with one attached hydrogen (secondary N) is 1. The number of hydrogen-bond acceptors (Lipinski definition) is 2. The number of carbonyl (C=O) groups excluding carboxylic acids is 2. The Balaban J connectivity index is 4.37. The van der Waals surface area contributed by atoms with E-state index in [1.165, 1.54) is 0 Å². The molecule has 0 aliphatic rings. The second kappa shape index (κ2) is 7.49. The standard InChI is InChI=1S/C11H21ClN2O2/c1-8(2)6-14(7-9(3)4)11(16)13-10(15)5-12/h8-9H,5-7H2,1-4H3,(H,13,15,16). The van der Waals surface area contributed by atoms with Crippen LogP contribution in [0.15, 0.2) is 0 Å². The molecule has 0 radical (unpaired) electrons. The molecule has 0 aliphatic carbocycles. The highest BCUT2D eigenvalue weighted by atomic mass is 35.5. The molecule has 5 heteroatoms. The Labute approximate surface area is 102 Å². The largest absolute Gasteiger partial charge is 0.324 e. The van der Waals surface area contributed by atoms with Gasteiger partial charge in [-0.1, -0.05) is 27.7 Å². The minimum Gasteiger partial charge on any atom is -0.324 e. The Bertz CT molecular complexity index is 232. The first-order valence-corrected chi connectivity index (χ1v) is 6.05. The maximum Gasteiger partial charge on any atom is 0.324 e. The molecule has 1 N–H and O–H groups in total. The van der Waals surface area contributed by atoms with Crippen LogP contribution in [-0.2, 0) is 4.79 Å². The van der Waals surface area contributed by atoms with Crippen molar-refractivity contribution < 1.29 is 9.59 Å². The first kappa shape index (κ1) is 15.2. The van der Waals surface area contributed by atoms with Crippen molar-refractivity contribution in [1.29, 1.82) is 0 Å². The molecule has 0 aromatic heterocycles. The molecule has 0 atom stereocenters. The fraction of sp³-hybridized carbons (Fsp3) is 0.818. The third-order valence-corrected chi connectivity index (χ3v) is 2.07. The second-order valence-electron chi connectivity index (χ2n) is 4.68. The van der Waals surface area contributed by atoms with E-state index in [-0.39, 0.29) is 11.9 Å². The first-order chi connectivity index (χ1) is 7.36. The molecule has 3 amide bonds. The predicted molar refractivity (Wildman–Crippen MR) is 65.5 cm³/mol. The number of imide groups is 1. The van der Waals surface area contributed by atoms with Gasteiger partial charge in [0.05, 0.1) is 0 Å². The van der Waals surface area contributed by atoms with Crippen LogP contribution in [-0.4, -0.2) is 35.8 Å². The summed E-state index contributed by atoms with van der Waals surface area (Å²) in [7, 11) is 0. The molecule has 0 rings (SSSR count). The number of rotatable bonds is 5. The van der Waals surface area contributed by atoms with Crippen LogP contribution in [0.2, 0.25) is 0 Å². The Kier molecular flexibility index (Phi) is 7.13. The molecule has 0 bridgehead atoms. The van der Waals surface area contributed by atoms with E-state index in [2.05, 4.69) is 5.32 Å². The summed E-state index contributed by atoms with van der Waals surface area (Å²) >= 11 is 5.33. The Hall–Kier alpha value is -0.770. The molecule has 0 fully saturated rings. The summed E-state index contributed by atoms with van der Waals surface area (Å²) < 4.78 is 0. The van der Waals surface area contributed by atoms with Gasteiger partial charge in [-0.15, -0.1) is 11.6 Å². The lowest BCUT2D eigenvalue weighted by atomic mass is 10.1. The molecule has 0 saturated heterocycles. The van der Waals surface area contributed by atoms with Crippen LogP contribution in [0.1, 0.15) is 27.7 Å². The molecular weight excluding hydrogens is 228 g/mol. The average Bonchev–Trinajstić information content (AvgIpc) is 2.15. The molecule has 94 valence electrons. The van der Waals surface area contributed by atoms with Gasteiger partial charge in [0.15, 0.2) is 0 Å². The summed E-state index contributed by atoms with van der Waals surface area (Å²) in [6, 6.07) is -0.354. The number of alkyl halides is 1. The number of urea groups is 1. The van der Waals surface area contributed by atoms with Crippen molar-refractivity contribution in [2.75, 3.05) is 19.0 Å². The van der Waals surface area contributed by atoms with Gasteiger partial charge in [-0.25, -0.2) is 4.79 Å². The predicted octanol–water partition coefficient (Wildman–Crippen LogP) is 2.08. The molecule has 0 aliphatic heterocycles. The average molecular weight is 249 g/mol. The number of halogens is 1. The molecular formula is C11H21ClN2O2. The zero-order valence-corrected chi connectivity index (χ0v) is 11.2. The van der Waals surface area contributed by atoms with Gasteiger partial charge in [-0.05, 0) is 11.8 Å². The van der Waals surface area contributed by atoms with Crippen LogP contribution in [0, 0.1) is 11.8 Å². The van der Waals surface area contributed by atoms with Crippen LogP contribution in [0.5, 0.6) is 0 Å². The highest BCUT2D eigenvalue weighted by molar-refractivity contribution is 6.28. The van der Waals surface area contributed by atoms with Gasteiger partial charge in [0, 0.05) is 13.1 Å². The van der Waals surface area contributed by atoms with Crippen LogP contribution >= 0.6 is 11.6 Å². The molecule has 0 saturated carbocycles. The number of amides is 3. The Morgan fingerprint density at radius 1 is 1.12 bits per heavy atom. The normalized spacial score (nSPS) is 10.7. The van der Waals surface area contributed by atoms with Crippen molar-refractivity contribution in [3.8, 4) is 0 Å². The lowest BCUT2D eigenvalue weighted by molar-refractivity contribution is -0.117. The van der Waals surface area contributed by atoms with E-state index in [9.17, 15) is 9.59 Å². The van der Waals surface area contributed by atoms with E-state index < -0.39 is 5.91 Å². The van der Waals surface area contributed by atoms with E-state index >= 15 is 0 Å². The summed E-state index contributed by atoms with van der Waals surface area (Å²) in [4.78, 5) is 24.4. The fourth-order valence-electron chi connectivity index (χ4n) is 1.35. The van der Waals surface area contributed by atoms with Crippen molar-refractivity contribution in [2.24, 2.45) is 11.8 Å². The van der Waals surface area contributed by atoms with Crippen molar-refractivity contribution in [3.05, 3.63) is 0 Å². The van der Waals surface area contributed by atoms with Crippen LogP contribution in [0.3, 0.4) is 0 Å². The van der Waals surface area contributed by atoms with E-state index in [0.717, 1.165) is 0 Å². The van der Waals surface area contributed by atoms with Gasteiger partial charge in [-0.2, -0.15) is 0 Å². The minimum atomic E-state index is -0.454. The smallest absolute Gasteiger partial charge is 0.324 e. The maximum atomic E-state index is 11.7. The third kappa shape index (κ3) is 6.67. The summed E-state index contributed by atoms with van der Waals surface area (Å²) in [5.41, 5.74) is 0. The SMILES string of the molecule is CC(C)CN(CC(C)C)C(=O)NC(=O)CCl. The topological polar surface area (TPSA) is 49.4 Å². The van der Waals surface area contributed by atoms with E-state index in [0.29, 0.717) is 24.9 Å². The Morgan fingerprint density at radius 2 is 1.56 bits per heavy atom. The summed E-state index contributed by atoms with van der Waals surface area (Å²) in [6.45, 7) is 9.40. The van der Waals surface area contributed by atoms with Crippen LogP contribution in [0.25, 0.3) is 0 Å². The lowest BCUT2D eigenvalue weighted by Gasteiger charge is -2.26. The highest BCUT2D eigenvalue weighted by Crippen LogP contribution is 2.04. The molecule has 4 nitrogen and oxygen atoms in total. The summed E-state index contributed by atoms with van der Waals surface area (Å²) in [5.74, 6) is 0.0959. The number of nitrogens with zero attached hydrogens (tertiary/aromatic N) is 1. The van der Waals surface area contributed by atoms with Crippen LogP contribution in [0.4, 0.5) is 4.79 Å². The molecule has 0 aromatic rings. The fourth-order valence-corrected chi connectivity index (χ4v) is 1.42. The van der Waals surface area contributed by atoms with Crippen molar-refractivity contribution in [1.82, 2.24) is 10.2 Å². The molecule has 16 heavy (non-hydrogen) atoms. The maximum absolute atomic E-state index is 11.7. The lowest BCUT2D eigenvalue weighted by Crippen LogP contribution is -2.46. The van der Waals surface area contributed by atoms with E-state index in [1.54, 1.807) is 4.90 Å². The van der Waals surface area contributed by atoms with Crippen LogP contribution < -0.4 is 5.32 Å². The van der Waals surface area contributed by atoms with Gasteiger partial charge in [0.1, 0.15) is 5.88 Å². The molecule has 0 unspecified atom stereocenters. The molecule has 0 heterocycles.